The molecule has 24 heavy (non-hydrogen) atoms. The van der Waals surface area contributed by atoms with Gasteiger partial charge in [-0.1, -0.05) is 18.1 Å². The van der Waals surface area contributed by atoms with Gasteiger partial charge in [-0.15, -0.1) is 6.42 Å². The minimum Gasteiger partial charge on any atom is -0.481 e. The predicted molar refractivity (Wildman–Crippen MR) is 106 cm³/mol. The van der Waals surface area contributed by atoms with Gasteiger partial charge in [0.2, 0.25) is 0 Å². The molecule has 0 saturated carbocycles. The largest absolute Gasteiger partial charge is 0.481 e. The molecule has 0 atom stereocenters. The molecule has 0 aliphatic heterocycles. The zero-order valence-electron chi connectivity index (χ0n) is 14.8. The standard InChI is InChI=1S/C19H29N3OS/c1-4-15-23-18-10-8-17(9-11-18)12-14-22-19(20-5-2)21-13-6-7-16-24-3/h1,8-11H,5-7,12-16H2,2-3H3,(H2,20,21,22). The van der Waals surface area contributed by atoms with Crippen molar-refractivity contribution in [2.45, 2.75) is 26.2 Å². The van der Waals surface area contributed by atoms with E-state index >= 15 is 0 Å². The number of ether oxygens (including phenoxy) is 1. The van der Waals surface area contributed by atoms with Gasteiger partial charge < -0.3 is 15.4 Å². The number of nitrogens with zero attached hydrogens (tertiary/aromatic N) is 1. The summed E-state index contributed by atoms with van der Waals surface area (Å²) in [7, 11) is 0. The lowest BCUT2D eigenvalue weighted by atomic mass is 10.1. The highest BCUT2D eigenvalue weighted by Gasteiger charge is 1.99. The van der Waals surface area contributed by atoms with E-state index in [-0.39, 0.29) is 0 Å². The molecule has 0 aliphatic carbocycles. The lowest BCUT2D eigenvalue weighted by Gasteiger charge is -2.11. The summed E-state index contributed by atoms with van der Waals surface area (Å²) < 4.78 is 5.37. The second-order valence-corrected chi connectivity index (χ2v) is 6.26. The van der Waals surface area contributed by atoms with Gasteiger partial charge in [0, 0.05) is 19.6 Å². The van der Waals surface area contributed by atoms with E-state index in [0.29, 0.717) is 6.61 Å². The summed E-state index contributed by atoms with van der Waals surface area (Å²) in [4.78, 5) is 4.61. The Balaban J connectivity index is 2.33. The number of hydrogen-bond donors (Lipinski definition) is 2. The van der Waals surface area contributed by atoms with Crippen LogP contribution in [0.25, 0.3) is 0 Å². The summed E-state index contributed by atoms with van der Waals surface area (Å²) in [5, 5.41) is 6.67. The number of hydrogen-bond acceptors (Lipinski definition) is 3. The van der Waals surface area contributed by atoms with E-state index in [2.05, 4.69) is 46.9 Å². The minimum atomic E-state index is 0.306. The summed E-state index contributed by atoms with van der Waals surface area (Å²) >= 11 is 1.89. The molecule has 1 rings (SSSR count). The quantitative estimate of drug-likeness (QED) is 0.280. The Kier molecular flexibility index (Phi) is 11.5. The van der Waals surface area contributed by atoms with Gasteiger partial charge in [-0.25, -0.2) is 0 Å². The van der Waals surface area contributed by atoms with Crippen LogP contribution in [0.4, 0.5) is 0 Å². The molecule has 132 valence electrons. The number of guanidine groups is 1. The lowest BCUT2D eigenvalue weighted by molar-refractivity contribution is 0.370. The van der Waals surface area contributed by atoms with Crippen molar-refractivity contribution in [1.82, 2.24) is 10.6 Å². The molecule has 0 aromatic heterocycles. The van der Waals surface area contributed by atoms with Crippen LogP contribution in [-0.2, 0) is 6.42 Å². The average Bonchev–Trinajstić information content (AvgIpc) is 2.61. The molecular formula is C19H29N3OS. The van der Waals surface area contributed by atoms with E-state index in [4.69, 9.17) is 11.2 Å². The molecule has 5 heteroatoms. The van der Waals surface area contributed by atoms with Gasteiger partial charge in [-0.2, -0.15) is 11.8 Å². The van der Waals surface area contributed by atoms with Crippen LogP contribution in [0.5, 0.6) is 5.75 Å². The van der Waals surface area contributed by atoms with Gasteiger partial charge in [0.05, 0.1) is 0 Å². The van der Waals surface area contributed by atoms with Crippen molar-refractivity contribution in [2.24, 2.45) is 4.99 Å². The van der Waals surface area contributed by atoms with Gasteiger partial charge in [0.1, 0.15) is 12.4 Å². The van der Waals surface area contributed by atoms with Crippen LogP contribution in [-0.4, -0.2) is 44.2 Å². The molecule has 0 unspecified atom stereocenters. The zero-order chi connectivity index (χ0) is 17.5. The van der Waals surface area contributed by atoms with Crippen LogP contribution in [0, 0.1) is 12.3 Å². The third-order valence-corrected chi connectivity index (χ3v) is 4.02. The van der Waals surface area contributed by atoms with Crippen molar-refractivity contribution < 1.29 is 4.74 Å². The number of unbranched alkanes of at least 4 members (excludes halogenated alkanes) is 1. The number of rotatable bonds is 11. The molecule has 4 nitrogen and oxygen atoms in total. The Labute approximate surface area is 150 Å². The minimum absolute atomic E-state index is 0.306. The topological polar surface area (TPSA) is 45.6 Å². The third kappa shape index (κ3) is 9.36. The van der Waals surface area contributed by atoms with E-state index < -0.39 is 0 Å². The van der Waals surface area contributed by atoms with E-state index in [1.807, 2.05) is 23.9 Å². The number of nitrogens with one attached hydrogen (secondary N) is 2. The fraction of sp³-hybridized carbons (Fsp3) is 0.526. The maximum atomic E-state index is 5.37. The Morgan fingerprint density at radius 1 is 1.25 bits per heavy atom. The first kappa shape index (κ1) is 20.2. The van der Waals surface area contributed by atoms with Gasteiger partial charge >= 0.3 is 0 Å². The molecule has 0 saturated heterocycles. The van der Waals surface area contributed by atoms with Crippen molar-refractivity contribution >= 4 is 17.7 Å². The summed E-state index contributed by atoms with van der Waals surface area (Å²) in [5.41, 5.74) is 1.26. The van der Waals surface area contributed by atoms with Crippen LogP contribution in [0.3, 0.4) is 0 Å². The second-order valence-electron chi connectivity index (χ2n) is 5.27. The van der Waals surface area contributed by atoms with E-state index in [1.165, 1.54) is 17.7 Å². The number of terminal acetylenes is 1. The lowest BCUT2D eigenvalue weighted by Crippen LogP contribution is -2.38. The van der Waals surface area contributed by atoms with Gasteiger partial charge in [0.15, 0.2) is 5.96 Å². The molecular weight excluding hydrogens is 318 g/mol. The Bertz CT molecular complexity index is 508. The van der Waals surface area contributed by atoms with E-state index in [9.17, 15) is 0 Å². The first-order valence-corrected chi connectivity index (χ1v) is 9.85. The molecule has 1 aromatic rings. The monoisotopic (exact) mass is 347 g/mol. The average molecular weight is 348 g/mol. The first-order chi connectivity index (χ1) is 11.8. The van der Waals surface area contributed by atoms with E-state index in [0.717, 1.165) is 44.2 Å². The fourth-order valence-corrected chi connectivity index (χ4v) is 2.59. The number of aliphatic imine (C=N–C) groups is 1. The highest BCUT2D eigenvalue weighted by Crippen LogP contribution is 2.12. The molecule has 0 radical (unpaired) electrons. The van der Waals surface area contributed by atoms with Crippen molar-refractivity contribution in [1.29, 1.82) is 0 Å². The molecule has 1 aromatic carbocycles. The molecule has 0 aliphatic rings. The van der Waals surface area contributed by atoms with Crippen molar-refractivity contribution in [3.63, 3.8) is 0 Å². The van der Waals surface area contributed by atoms with Crippen molar-refractivity contribution in [3.8, 4) is 18.1 Å². The molecule has 0 bridgehead atoms. The predicted octanol–water partition coefficient (Wildman–Crippen LogP) is 2.94. The maximum absolute atomic E-state index is 5.37. The highest BCUT2D eigenvalue weighted by atomic mass is 32.2. The van der Waals surface area contributed by atoms with Crippen molar-refractivity contribution in [2.75, 3.05) is 38.2 Å². The van der Waals surface area contributed by atoms with Gasteiger partial charge in [0.25, 0.3) is 0 Å². The number of thioether (sulfide) groups is 1. The molecule has 0 heterocycles. The van der Waals surface area contributed by atoms with Crippen LogP contribution in [0.2, 0.25) is 0 Å². The second kappa shape index (κ2) is 13.6. The maximum Gasteiger partial charge on any atom is 0.191 e. The van der Waals surface area contributed by atoms with Crippen LogP contribution in [0.1, 0.15) is 25.3 Å². The number of benzene rings is 1. The van der Waals surface area contributed by atoms with Crippen LogP contribution < -0.4 is 15.4 Å². The zero-order valence-corrected chi connectivity index (χ0v) is 15.6. The molecule has 0 amide bonds. The van der Waals surface area contributed by atoms with Crippen molar-refractivity contribution in [3.05, 3.63) is 29.8 Å². The molecule has 0 fully saturated rings. The molecule has 0 spiro atoms. The Morgan fingerprint density at radius 3 is 2.71 bits per heavy atom. The van der Waals surface area contributed by atoms with Gasteiger partial charge in [-0.3, -0.25) is 4.99 Å². The summed E-state index contributed by atoms with van der Waals surface area (Å²) in [6.45, 7) is 4.98. The van der Waals surface area contributed by atoms with Crippen LogP contribution >= 0.6 is 11.8 Å². The summed E-state index contributed by atoms with van der Waals surface area (Å²) in [5.74, 6) is 5.38. The summed E-state index contributed by atoms with van der Waals surface area (Å²) in [6, 6.07) is 8.05. The highest BCUT2D eigenvalue weighted by molar-refractivity contribution is 7.98. The fourth-order valence-electron chi connectivity index (χ4n) is 2.09. The normalized spacial score (nSPS) is 11.0. The SMILES string of the molecule is C#CCOc1ccc(CCNC(=NCCCCSC)NCC)cc1. The summed E-state index contributed by atoms with van der Waals surface area (Å²) in [6.07, 6.45) is 10.6. The Morgan fingerprint density at radius 2 is 2.04 bits per heavy atom. The smallest absolute Gasteiger partial charge is 0.191 e. The van der Waals surface area contributed by atoms with Gasteiger partial charge in [-0.05, 0) is 55.9 Å². The Hall–Kier alpha value is -1.80. The van der Waals surface area contributed by atoms with Crippen LogP contribution in [0.15, 0.2) is 29.3 Å². The first-order valence-electron chi connectivity index (χ1n) is 8.46. The molecule has 2 N–H and O–H groups in total. The third-order valence-electron chi connectivity index (χ3n) is 3.32. The van der Waals surface area contributed by atoms with E-state index in [1.54, 1.807) is 0 Å².